The summed E-state index contributed by atoms with van der Waals surface area (Å²) >= 11 is 0. The van der Waals surface area contributed by atoms with Gasteiger partial charge in [0.05, 0.1) is 5.69 Å². The van der Waals surface area contributed by atoms with E-state index in [1.54, 1.807) is 6.92 Å². The quantitative estimate of drug-likeness (QED) is 0.713. The third-order valence-electron chi connectivity index (χ3n) is 2.96. The van der Waals surface area contributed by atoms with E-state index in [4.69, 9.17) is 0 Å². The largest absolute Gasteiger partial charge is 0.368 e. The van der Waals surface area contributed by atoms with Crippen LogP contribution in [-0.2, 0) is 0 Å². The van der Waals surface area contributed by atoms with E-state index in [1.807, 2.05) is 0 Å². The van der Waals surface area contributed by atoms with Gasteiger partial charge in [-0.2, -0.15) is 0 Å². The lowest BCUT2D eigenvalue weighted by Crippen LogP contribution is -2.07. The molecule has 102 valence electrons. The van der Waals surface area contributed by atoms with Gasteiger partial charge in [-0.1, -0.05) is 39.5 Å². The highest BCUT2D eigenvalue weighted by Gasteiger charge is 2.05. The molecular weight excluding hydrogens is 229 g/mol. The number of anilines is 1. The van der Waals surface area contributed by atoms with Crippen molar-refractivity contribution in [2.24, 2.45) is 5.92 Å². The first-order valence-electron chi connectivity index (χ1n) is 6.82. The highest BCUT2D eigenvalue weighted by molar-refractivity contribution is 5.36. The minimum atomic E-state index is -0.336. The van der Waals surface area contributed by atoms with E-state index in [2.05, 4.69) is 29.1 Å². The first kappa shape index (κ1) is 14.9. The molecule has 0 radical (unpaired) electrons. The van der Waals surface area contributed by atoms with Gasteiger partial charge in [0.2, 0.25) is 0 Å². The molecule has 0 amide bonds. The van der Waals surface area contributed by atoms with Gasteiger partial charge in [-0.25, -0.2) is 14.4 Å². The molecule has 0 fully saturated rings. The number of unbranched alkanes of at least 4 members (excludes halogenated alkanes) is 3. The molecule has 0 saturated heterocycles. The van der Waals surface area contributed by atoms with Crippen LogP contribution in [0.15, 0.2) is 6.33 Å². The molecule has 0 aliphatic heterocycles. The molecular formula is C14H24FN3. The summed E-state index contributed by atoms with van der Waals surface area (Å²) in [7, 11) is 0. The highest BCUT2D eigenvalue weighted by Crippen LogP contribution is 2.12. The molecule has 0 bridgehead atoms. The van der Waals surface area contributed by atoms with Crippen LogP contribution in [0.2, 0.25) is 0 Å². The number of aromatic nitrogens is 2. The van der Waals surface area contributed by atoms with Crippen molar-refractivity contribution in [1.29, 1.82) is 0 Å². The lowest BCUT2D eigenvalue weighted by Gasteiger charge is -2.07. The molecule has 0 atom stereocenters. The molecule has 4 heteroatoms. The summed E-state index contributed by atoms with van der Waals surface area (Å²) in [5.74, 6) is 0.781. The number of halogens is 1. The van der Waals surface area contributed by atoms with Crippen LogP contribution < -0.4 is 5.32 Å². The van der Waals surface area contributed by atoms with E-state index < -0.39 is 0 Å². The average Bonchev–Trinajstić information content (AvgIpc) is 2.32. The fourth-order valence-electron chi connectivity index (χ4n) is 1.82. The Morgan fingerprint density at radius 2 is 1.89 bits per heavy atom. The summed E-state index contributed by atoms with van der Waals surface area (Å²) in [5, 5.41) is 3.03. The minimum Gasteiger partial charge on any atom is -0.368 e. The third-order valence-corrected chi connectivity index (χ3v) is 2.96. The average molecular weight is 253 g/mol. The summed E-state index contributed by atoms with van der Waals surface area (Å²) in [5.41, 5.74) is 0.393. The molecule has 0 unspecified atom stereocenters. The fraction of sp³-hybridized carbons (Fsp3) is 0.714. The SMILES string of the molecule is Cc1ncnc(NCCCCCCC(C)C)c1F. The van der Waals surface area contributed by atoms with E-state index in [1.165, 1.54) is 32.0 Å². The monoisotopic (exact) mass is 253 g/mol. The molecule has 3 nitrogen and oxygen atoms in total. The zero-order chi connectivity index (χ0) is 13.4. The van der Waals surface area contributed by atoms with Crippen molar-refractivity contribution < 1.29 is 4.39 Å². The van der Waals surface area contributed by atoms with Gasteiger partial charge in [-0.15, -0.1) is 0 Å². The highest BCUT2D eigenvalue weighted by atomic mass is 19.1. The topological polar surface area (TPSA) is 37.8 Å². The Bertz CT molecular complexity index is 353. The van der Waals surface area contributed by atoms with Crippen molar-refractivity contribution in [2.75, 3.05) is 11.9 Å². The molecule has 0 aromatic carbocycles. The van der Waals surface area contributed by atoms with Gasteiger partial charge in [0.15, 0.2) is 11.6 Å². The summed E-state index contributed by atoms with van der Waals surface area (Å²) in [6.45, 7) is 6.92. The zero-order valence-corrected chi connectivity index (χ0v) is 11.7. The van der Waals surface area contributed by atoms with E-state index in [0.717, 1.165) is 18.9 Å². The van der Waals surface area contributed by atoms with Crippen LogP contribution in [0.5, 0.6) is 0 Å². The number of nitrogens with zero attached hydrogens (tertiary/aromatic N) is 2. The lowest BCUT2D eigenvalue weighted by atomic mass is 10.0. The van der Waals surface area contributed by atoms with Crippen molar-refractivity contribution >= 4 is 5.82 Å². The Balaban J connectivity index is 2.13. The van der Waals surface area contributed by atoms with Crippen molar-refractivity contribution in [3.8, 4) is 0 Å². The van der Waals surface area contributed by atoms with Gasteiger partial charge in [-0.3, -0.25) is 0 Å². The van der Waals surface area contributed by atoms with Crippen LogP contribution in [0, 0.1) is 18.7 Å². The van der Waals surface area contributed by atoms with Crippen LogP contribution >= 0.6 is 0 Å². The number of hydrogen-bond donors (Lipinski definition) is 1. The maximum atomic E-state index is 13.5. The molecule has 0 aliphatic rings. The van der Waals surface area contributed by atoms with Gasteiger partial charge < -0.3 is 5.32 Å². The Morgan fingerprint density at radius 3 is 2.61 bits per heavy atom. The van der Waals surface area contributed by atoms with Crippen LogP contribution in [0.1, 0.15) is 51.6 Å². The second kappa shape index (κ2) is 8.01. The van der Waals surface area contributed by atoms with Gasteiger partial charge in [0.25, 0.3) is 0 Å². The molecule has 1 aromatic heterocycles. The van der Waals surface area contributed by atoms with E-state index in [-0.39, 0.29) is 5.82 Å². The molecule has 0 aliphatic carbocycles. The number of aryl methyl sites for hydroxylation is 1. The predicted molar refractivity (Wildman–Crippen MR) is 73.1 cm³/mol. The normalized spacial score (nSPS) is 10.9. The molecule has 1 heterocycles. The number of rotatable bonds is 8. The van der Waals surface area contributed by atoms with Gasteiger partial charge in [0, 0.05) is 6.54 Å². The molecule has 1 aromatic rings. The van der Waals surface area contributed by atoms with Crippen LogP contribution in [0.4, 0.5) is 10.2 Å². The van der Waals surface area contributed by atoms with Gasteiger partial charge in [-0.05, 0) is 19.3 Å². The second-order valence-electron chi connectivity index (χ2n) is 5.15. The van der Waals surface area contributed by atoms with E-state index in [0.29, 0.717) is 11.5 Å². The predicted octanol–water partition coefficient (Wildman–Crippen LogP) is 3.94. The van der Waals surface area contributed by atoms with Crippen LogP contribution in [0.3, 0.4) is 0 Å². The first-order chi connectivity index (χ1) is 8.61. The van der Waals surface area contributed by atoms with Crippen LogP contribution in [0.25, 0.3) is 0 Å². The van der Waals surface area contributed by atoms with Gasteiger partial charge >= 0.3 is 0 Å². The Hall–Kier alpha value is -1.19. The maximum Gasteiger partial charge on any atom is 0.186 e. The smallest absolute Gasteiger partial charge is 0.186 e. The third kappa shape index (κ3) is 5.43. The van der Waals surface area contributed by atoms with E-state index >= 15 is 0 Å². The molecule has 18 heavy (non-hydrogen) atoms. The Kier molecular flexibility index (Phi) is 6.61. The van der Waals surface area contributed by atoms with E-state index in [9.17, 15) is 4.39 Å². The molecule has 1 rings (SSSR count). The van der Waals surface area contributed by atoms with Crippen molar-refractivity contribution in [3.05, 3.63) is 17.8 Å². The number of hydrogen-bond acceptors (Lipinski definition) is 3. The van der Waals surface area contributed by atoms with Crippen LogP contribution in [-0.4, -0.2) is 16.5 Å². The van der Waals surface area contributed by atoms with Crippen molar-refractivity contribution in [3.63, 3.8) is 0 Å². The number of nitrogens with one attached hydrogen (secondary N) is 1. The summed E-state index contributed by atoms with van der Waals surface area (Å²) in [4.78, 5) is 7.70. The van der Waals surface area contributed by atoms with Crippen molar-refractivity contribution in [2.45, 2.75) is 52.9 Å². The summed E-state index contributed by atoms with van der Waals surface area (Å²) in [6.07, 6.45) is 7.48. The molecule has 0 saturated carbocycles. The van der Waals surface area contributed by atoms with Gasteiger partial charge in [0.1, 0.15) is 6.33 Å². The fourth-order valence-corrected chi connectivity index (χ4v) is 1.82. The zero-order valence-electron chi connectivity index (χ0n) is 11.7. The summed E-state index contributed by atoms with van der Waals surface area (Å²) < 4.78 is 13.5. The minimum absolute atomic E-state index is 0.324. The van der Waals surface area contributed by atoms with Crippen molar-refractivity contribution in [1.82, 2.24) is 9.97 Å². The maximum absolute atomic E-state index is 13.5. The summed E-state index contributed by atoms with van der Waals surface area (Å²) in [6, 6.07) is 0. The molecule has 0 spiro atoms. The Labute approximate surface area is 109 Å². The lowest BCUT2D eigenvalue weighted by molar-refractivity contribution is 0.522. The second-order valence-corrected chi connectivity index (χ2v) is 5.15. The standard InChI is InChI=1S/C14H24FN3/c1-11(2)8-6-4-5-7-9-16-14-13(15)12(3)17-10-18-14/h10-11H,4-9H2,1-3H3,(H,16,17,18). The Morgan fingerprint density at radius 1 is 1.17 bits per heavy atom. The first-order valence-corrected chi connectivity index (χ1v) is 6.82. The molecule has 1 N–H and O–H groups in total.